The van der Waals surface area contributed by atoms with Gasteiger partial charge in [-0.25, -0.2) is 4.99 Å². The normalized spacial score (nSPS) is 29.8. The van der Waals surface area contributed by atoms with Gasteiger partial charge in [-0.2, -0.15) is 8.42 Å². The Bertz CT molecular complexity index is 4360. The molecule has 1 spiro atoms. The highest BCUT2D eigenvalue weighted by atomic mass is 32.2. The molecule has 0 radical (unpaired) electrons. The number of aromatic hydroxyl groups is 1. The number of hydrogen-bond acceptors (Lipinski definition) is 10. The summed E-state index contributed by atoms with van der Waals surface area (Å²) in [5, 5.41) is 53.2. The molecule has 506 valence electrons. The number of phenols is 1. The van der Waals surface area contributed by atoms with E-state index >= 15 is 0 Å². The van der Waals surface area contributed by atoms with Crippen LogP contribution in [0.2, 0.25) is 0 Å². The molecular formula is C83H94N4O9S. The van der Waals surface area contributed by atoms with Crippen molar-refractivity contribution >= 4 is 26.9 Å². The fourth-order valence-electron chi connectivity index (χ4n) is 20.2. The number of allylic oxidation sites excluding steroid dienone is 1. The quantitative estimate of drug-likeness (QED) is 0.0199. The highest BCUT2D eigenvalue weighted by Gasteiger charge is 2.55. The summed E-state index contributed by atoms with van der Waals surface area (Å²) in [6.45, 7) is 2.84. The number of benzene rings is 7. The van der Waals surface area contributed by atoms with Crippen LogP contribution in [0.5, 0.6) is 11.5 Å². The van der Waals surface area contributed by atoms with Gasteiger partial charge in [-0.1, -0.05) is 147 Å². The summed E-state index contributed by atoms with van der Waals surface area (Å²) in [5.74, 6) is 4.92. The smallest absolute Gasteiger partial charge is 0.268 e. The number of nitrogens with two attached hydrogens (primary N) is 2. The van der Waals surface area contributed by atoms with Gasteiger partial charge in [0.15, 0.2) is 5.96 Å². The zero-order valence-electron chi connectivity index (χ0n) is 56.0. The lowest BCUT2D eigenvalue weighted by molar-refractivity contribution is -0.116. The fourth-order valence-corrected chi connectivity index (χ4v) is 21.3. The molecule has 13 nitrogen and oxygen atoms in total. The number of phenolic OH excluding ortho intramolecular Hbond substituents is 1. The highest BCUT2D eigenvalue weighted by Crippen LogP contribution is 2.61. The summed E-state index contributed by atoms with van der Waals surface area (Å²) < 4.78 is 56.2. The van der Waals surface area contributed by atoms with Crippen LogP contribution in [-0.4, -0.2) is 70.0 Å². The predicted molar refractivity (Wildman–Crippen MR) is 381 cm³/mol. The van der Waals surface area contributed by atoms with Crippen LogP contribution in [0.15, 0.2) is 156 Å². The standard InChI is InChI=1S/C83H94N4O9S/c1-50-17-18-58-39-66-26-30-69(58)73(50)43-77(97(92,93)94)75-41-60-37-59(40-67-34-52(48-88)13-10-15-56-38-65(89)25-29-72(56)79(60)95-67)78(75)53-19-23-63(24-20-53)83(96-66,87-80(84)85)46-64(33-51-11-4-3-5-12-51)82(91)45-62(44-81(49-82)31-8-9-32-81)54-21-28-71-57(35-54)22-27-70-61(47-86-2)36-55-14-6-7-16-68(55)74(70)42-76(71)90/h3-7,11-12,14,16,19-21,23-26,28-30,35-36,38-39,41,50,52,59,62,64,67,73,75-79,86,88-91H,8-9,13,17-18,22,27,31-34,37,40,42-49H2,1-2H3,(H4,84,85,87)(H,92,93,94)/t50-,52+,59-,62-,64-,67-,73+,75-,76+,77-,78+,79-,82-,83-/m1/s1. The summed E-state index contributed by atoms with van der Waals surface area (Å²) >= 11 is 0. The SMILES string of the molecule is CNCc1cc2ccccc2c2c1CCc1cc([C@@H]3CC4(CCCC4)C[C@@](O)([C@H](Cc4ccccc4)C[C@@]4(N=C(N)N)Oc5ccc6c(c5)CC[C@@H](C)[C@@H]6C[C@@H](S(=O)(=O)O)[C@H]5C=C6C[C@H](C[C@H]7C[C@@H](CO)CC#Cc8cc(O)ccc8[C@@H]6O7)[C@@H]5c5ccc4cc5)C3)ccc1[C@@H](O)C2. The molecule has 0 unspecified atom stereocenters. The summed E-state index contributed by atoms with van der Waals surface area (Å²) in [5.41, 5.74) is 24.7. The Hall–Kier alpha value is -7.32. The van der Waals surface area contributed by atoms with Crippen LogP contribution in [0.1, 0.15) is 199 Å². The largest absolute Gasteiger partial charge is 0.508 e. The maximum absolute atomic E-state index is 14.7. The number of hydrogen-bond donors (Lipinski definition) is 8. The predicted octanol–water partition coefficient (Wildman–Crippen LogP) is 13.9. The lowest BCUT2D eigenvalue weighted by Gasteiger charge is -2.52. The molecule has 3 fully saturated rings. The van der Waals surface area contributed by atoms with Gasteiger partial charge in [0.1, 0.15) is 17.6 Å². The third-order valence-corrected chi connectivity index (χ3v) is 25.8. The number of ether oxygens (including phenoxy) is 2. The van der Waals surface area contributed by atoms with Crippen LogP contribution in [0, 0.1) is 46.8 Å². The van der Waals surface area contributed by atoms with Crippen molar-refractivity contribution in [2.45, 2.75) is 188 Å². The maximum atomic E-state index is 14.7. The van der Waals surface area contributed by atoms with E-state index in [2.05, 4.69) is 127 Å². The van der Waals surface area contributed by atoms with E-state index in [-0.39, 0.29) is 72.3 Å². The lowest BCUT2D eigenvalue weighted by atomic mass is 9.56. The third-order valence-electron chi connectivity index (χ3n) is 24.6. The zero-order chi connectivity index (χ0) is 67.0. The molecule has 7 aromatic rings. The molecule has 17 rings (SSSR count). The summed E-state index contributed by atoms with van der Waals surface area (Å²) in [6, 6.07) is 47.7. The number of rotatable bonds is 11. The average molecular weight is 1320 g/mol. The zero-order valence-corrected chi connectivity index (χ0v) is 56.8. The van der Waals surface area contributed by atoms with E-state index in [1.807, 2.05) is 37.4 Å². The van der Waals surface area contributed by atoms with Crippen LogP contribution in [0.3, 0.4) is 0 Å². The summed E-state index contributed by atoms with van der Waals surface area (Å²) in [7, 11) is -2.74. The second-order valence-electron chi connectivity index (χ2n) is 30.7. The van der Waals surface area contributed by atoms with Crippen molar-refractivity contribution in [3.63, 3.8) is 0 Å². The van der Waals surface area contributed by atoms with Crippen molar-refractivity contribution in [2.24, 2.45) is 51.5 Å². The monoisotopic (exact) mass is 1320 g/mol. The van der Waals surface area contributed by atoms with E-state index in [4.69, 9.17) is 25.9 Å². The van der Waals surface area contributed by atoms with Crippen LogP contribution in [0.4, 0.5) is 0 Å². The lowest BCUT2D eigenvalue weighted by Crippen LogP contribution is -2.52. The minimum Gasteiger partial charge on any atom is -0.508 e. The van der Waals surface area contributed by atoms with Gasteiger partial charge in [0.05, 0.1) is 23.1 Å². The van der Waals surface area contributed by atoms with Crippen molar-refractivity contribution in [3.05, 3.63) is 224 Å². The van der Waals surface area contributed by atoms with E-state index in [9.17, 15) is 33.4 Å². The Morgan fingerprint density at radius 2 is 1.58 bits per heavy atom. The molecule has 0 amide bonds. The molecule has 1 saturated heterocycles. The maximum Gasteiger partial charge on any atom is 0.268 e. The first-order valence-electron chi connectivity index (χ1n) is 35.9. The molecule has 14 atom stereocenters. The number of fused-ring (bicyclic) bond motifs is 12. The van der Waals surface area contributed by atoms with Crippen molar-refractivity contribution in [1.29, 1.82) is 0 Å². The first kappa shape index (κ1) is 65.6. The van der Waals surface area contributed by atoms with Gasteiger partial charge < -0.3 is 46.7 Å². The van der Waals surface area contributed by atoms with Gasteiger partial charge in [0, 0.05) is 55.0 Å². The van der Waals surface area contributed by atoms with Gasteiger partial charge >= 0.3 is 0 Å². The molecule has 10 aliphatic rings. The Labute approximate surface area is 572 Å². The van der Waals surface area contributed by atoms with E-state index in [1.165, 1.54) is 33.0 Å². The molecule has 5 aliphatic heterocycles. The number of aliphatic hydroxyl groups is 3. The van der Waals surface area contributed by atoms with Crippen LogP contribution >= 0.6 is 0 Å². The third kappa shape index (κ3) is 12.9. The van der Waals surface area contributed by atoms with Crippen LogP contribution in [-0.2, 0) is 59.2 Å². The molecular weight excluding hydrogens is 1230 g/mol. The average Bonchev–Trinajstić information content (AvgIpc) is 1.74. The van der Waals surface area contributed by atoms with Crippen molar-refractivity contribution in [1.82, 2.24) is 5.32 Å². The summed E-state index contributed by atoms with van der Waals surface area (Å²) in [4.78, 5) is 5.32. The van der Waals surface area contributed by atoms with E-state index in [0.29, 0.717) is 68.2 Å². The van der Waals surface area contributed by atoms with E-state index in [0.717, 1.165) is 109 Å². The molecule has 0 aromatic heterocycles. The van der Waals surface area contributed by atoms with Crippen molar-refractivity contribution < 1.29 is 42.9 Å². The Kier molecular flexibility index (Phi) is 17.9. The second kappa shape index (κ2) is 26.4. The number of aryl methyl sites for hydroxylation is 2. The van der Waals surface area contributed by atoms with Gasteiger partial charge in [-0.3, -0.25) is 4.55 Å². The highest BCUT2D eigenvalue weighted by molar-refractivity contribution is 7.86. The Balaban J connectivity index is 0.858. The molecule has 10 bridgehead atoms. The topological polar surface area (TPSA) is 230 Å². The Morgan fingerprint density at radius 3 is 2.36 bits per heavy atom. The minimum atomic E-state index is -4.73. The Morgan fingerprint density at radius 1 is 0.814 bits per heavy atom. The molecule has 7 aromatic carbocycles. The number of guanidine groups is 1. The fraction of sp³-hybridized carbons (Fsp3) is 0.458. The molecule has 10 N–H and O–H groups in total. The number of aliphatic imine (C=N–C) groups is 1. The molecule has 2 saturated carbocycles. The van der Waals surface area contributed by atoms with Gasteiger partial charge in [0.25, 0.3) is 10.1 Å². The van der Waals surface area contributed by atoms with Gasteiger partial charge in [-0.15, -0.1) is 0 Å². The van der Waals surface area contributed by atoms with E-state index in [1.54, 1.807) is 12.1 Å². The first-order chi connectivity index (χ1) is 46.8. The second-order valence-corrected chi connectivity index (χ2v) is 32.3. The first-order valence-corrected chi connectivity index (χ1v) is 37.4. The van der Waals surface area contributed by atoms with Gasteiger partial charge in [-0.05, 0) is 246 Å². The number of nitrogens with one attached hydrogen (secondary N) is 1. The molecule has 14 heteroatoms. The molecule has 5 aliphatic carbocycles. The van der Waals surface area contributed by atoms with Crippen molar-refractivity contribution in [3.8, 4) is 23.3 Å². The molecule has 97 heavy (non-hydrogen) atoms. The van der Waals surface area contributed by atoms with Crippen molar-refractivity contribution in [2.75, 3.05) is 13.7 Å². The molecule has 5 heterocycles. The van der Waals surface area contributed by atoms with Crippen LogP contribution in [0.25, 0.3) is 10.8 Å². The number of nitrogens with zero attached hydrogens (tertiary/aromatic N) is 1. The van der Waals surface area contributed by atoms with Crippen LogP contribution < -0.4 is 21.5 Å². The van der Waals surface area contributed by atoms with Gasteiger partial charge in [0.2, 0.25) is 5.72 Å². The minimum absolute atomic E-state index is 0.00524. The summed E-state index contributed by atoms with van der Waals surface area (Å²) in [6.07, 6.45) is 13.3. The number of aliphatic hydroxyl groups excluding tert-OH is 2. The van der Waals surface area contributed by atoms with E-state index < -0.39 is 56.7 Å².